The van der Waals surface area contributed by atoms with Gasteiger partial charge in [0, 0.05) is 6.42 Å². The number of hydrogen-bond donors (Lipinski definition) is 1. The maximum Gasteiger partial charge on any atom is 0.303 e. The molecule has 1 N–H and O–H groups in total. The van der Waals surface area contributed by atoms with Crippen LogP contribution in [0.4, 0.5) is 8.78 Å². The van der Waals surface area contributed by atoms with Gasteiger partial charge in [-0.15, -0.1) is 0 Å². The Morgan fingerprint density at radius 2 is 1.84 bits per heavy atom. The van der Waals surface area contributed by atoms with Crippen LogP contribution in [0.3, 0.4) is 0 Å². The summed E-state index contributed by atoms with van der Waals surface area (Å²) in [5, 5.41) is 8.87. The van der Waals surface area contributed by atoms with E-state index in [9.17, 15) is 13.6 Å². The topological polar surface area (TPSA) is 37.3 Å². The molecule has 1 fully saturated rings. The number of carbonyl (C=O) groups is 1. The molecule has 0 bridgehead atoms. The number of halogens is 2. The molecule has 1 aliphatic carbocycles. The van der Waals surface area contributed by atoms with Gasteiger partial charge in [-0.3, -0.25) is 4.79 Å². The van der Waals surface area contributed by atoms with E-state index in [0.717, 1.165) is 43.7 Å². The van der Waals surface area contributed by atoms with Gasteiger partial charge in [-0.1, -0.05) is 25.3 Å². The van der Waals surface area contributed by atoms with Crippen molar-refractivity contribution in [2.45, 2.75) is 50.4 Å². The lowest BCUT2D eigenvalue weighted by Gasteiger charge is -2.37. The van der Waals surface area contributed by atoms with Crippen molar-refractivity contribution in [3.63, 3.8) is 0 Å². The summed E-state index contributed by atoms with van der Waals surface area (Å²) in [6.45, 7) is 0. The first-order chi connectivity index (χ1) is 9.03. The molecule has 0 saturated heterocycles. The molecule has 1 aromatic carbocycles. The van der Waals surface area contributed by atoms with Crippen LogP contribution < -0.4 is 0 Å². The summed E-state index contributed by atoms with van der Waals surface area (Å²) in [4.78, 5) is 10.8. The Kier molecular flexibility index (Phi) is 4.17. The second kappa shape index (κ2) is 5.68. The van der Waals surface area contributed by atoms with Gasteiger partial charge in [-0.25, -0.2) is 8.78 Å². The molecule has 0 atom stereocenters. The van der Waals surface area contributed by atoms with E-state index in [1.165, 1.54) is 6.07 Å². The number of aliphatic carboxylic acids is 1. The molecule has 2 nitrogen and oxygen atoms in total. The van der Waals surface area contributed by atoms with Gasteiger partial charge in [0.15, 0.2) is 11.6 Å². The zero-order valence-corrected chi connectivity index (χ0v) is 10.8. The summed E-state index contributed by atoms with van der Waals surface area (Å²) in [6.07, 6.45) is 5.42. The van der Waals surface area contributed by atoms with Crippen LogP contribution in [0.15, 0.2) is 18.2 Å². The Bertz CT molecular complexity index is 465. The minimum absolute atomic E-state index is 0.0684. The first-order valence-corrected chi connectivity index (χ1v) is 6.71. The SMILES string of the molecule is O=C(O)CCC1(c2ccc(F)c(F)c2)CCCCC1. The van der Waals surface area contributed by atoms with E-state index < -0.39 is 17.6 Å². The van der Waals surface area contributed by atoms with E-state index in [2.05, 4.69) is 0 Å². The monoisotopic (exact) mass is 268 g/mol. The van der Waals surface area contributed by atoms with Gasteiger partial charge >= 0.3 is 5.97 Å². The number of benzene rings is 1. The molecular formula is C15H18F2O2. The molecule has 0 aliphatic heterocycles. The third kappa shape index (κ3) is 3.11. The van der Waals surface area contributed by atoms with Crippen LogP contribution in [0.2, 0.25) is 0 Å². The minimum Gasteiger partial charge on any atom is -0.481 e. The highest BCUT2D eigenvalue weighted by molar-refractivity contribution is 5.66. The Morgan fingerprint density at radius 3 is 2.42 bits per heavy atom. The highest BCUT2D eigenvalue weighted by Gasteiger charge is 2.34. The third-order valence-corrected chi connectivity index (χ3v) is 4.16. The first-order valence-electron chi connectivity index (χ1n) is 6.71. The van der Waals surface area contributed by atoms with Gasteiger partial charge in [-0.05, 0) is 42.4 Å². The lowest BCUT2D eigenvalue weighted by Crippen LogP contribution is -2.30. The largest absolute Gasteiger partial charge is 0.481 e. The zero-order chi connectivity index (χ0) is 13.9. The van der Waals surface area contributed by atoms with Crippen LogP contribution >= 0.6 is 0 Å². The molecule has 1 aliphatic rings. The van der Waals surface area contributed by atoms with Crippen molar-refractivity contribution in [2.24, 2.45) is 0 Å². The molecule has 0 unspecified atom stereocenters. The van der Waals surface area contributed by atoms with E-state index in [-0.39, 0.29) is 11.8 Å². The first kappa shape index (κ1) is 14.0. The lowest BCUT2D eigenvalue weighted by molar-refractivity contribution is -0.137. The fourth-order valence-corrected chi connectivity index (χ4v) is 3.08. The normalized spacial score (nSPS) is 18.2. The molecule has 104 valence electrons. The summed E-state index contributed by atoms with van der Waals surface area (Å²) in [7, 11) is 0. The summed E-state index contributed by atoms with van der Waals surface area (Å²) in [5.41, 5.74) is 0.443. The molecule has 0 radical (unpaired) electrons. The highest BCUT2D eigenvalue weighted by Crippen LogP contribution is 2.43. The number of hydrogen-bond acceptors (Lipinski definition) is 1. The van der Waals surface area contributed by atoms with E-state index in [0.29, 0.717) is 6.42 Å². The fourth-order valence-electron chi connectivity index (χ4n) is 3.08. The molecule has 2 rings (SSSR count). The van der Waals surface area contributed by atoms with Gasteiger partial charge < -0.3 is 5.11 Å². The number of carboxylic acids is 1. The average molecular weight is 268 g/mol. The Hall–Kier alpha value is -1.45. The smallest absolute Gasteiger partial charge is 0.303 e. The number of carboxylic acid groups (broad SMARTS) is 1. The van der Waals surface area contributed by atoms with Crippen LogP contribution in [0.1, 0.15) is 50.5 Å². The van der Waals surface area contributed by atoms with Crippen molar-refractivity contribution < 1.29 is 18.7 Å². The van der Waals surface area contributed by atoms with E-state index in [4.69, 9.17) is 5.11 Å². The molecule has 0 spiro atoms. The summed E-state index contributed by atoms with van der Waals surface area (Å²) >= 11 is 0. The predicted molar refractivity (Wildman–Crippen MR) is 68.0 cm³/mol. The minimum atomic E-state index is -0.854. The van der Waals surface area contributed by atoms with Crippen molar-refractivity contribution in [3.8, 4) is 0 Å². The zero-order valence-electron chi connectivity index (χ0n) is 10.8. The van der Waals surface area contributed by atoms with Crippen LogP contribution in [0.5, 0.6) is 0 Å². The fraction of sp³-hybridized carbons (Fsp3) is 0.533. The highest BCUT2D eigenvalue weighted by atomic mass is 19.2. The predicted octanol–water partition coefficient (Wildman–Crippen LogP) is 4.03. The molecule has 0 heterocycles. The molecule has 0 aromatic heterocycles. The second-order valence-electron chi connectivity index (χ2n) is 5.36. The van der Waals surface area contributed by atoms with Gasteiger partial charge in [-0.2, -0.15) is 0 Å². The molecule has 1 aromatic rings. The quantitative estimate of drug-likeness (QED) is 0.895. The Labute approximate surface area is 111 Å². The van der Waals surface area contributed by atoms with E-state index >= 15 is 0 Å². The van der Waals surface area contributed by atoms with Crippen LogP contribution in [-0.2, 0) is 10.2 Å². The van der Waals surface area contributed by atoms with Gasteiger partial charge in [0.25, 0.3) is 0 Å². The van der Waals surface area contributed by atoms with Crippen LogP contribution in [0.25, 0.3) is 0 Å². The summed E-state index contributed by atoms with van der Waals surface area (Å²) < 4.78 is 26.4. The van der Waals surface area contributed by atoms with Crippen molar-refractivity contribution in [1.82, 2.24) is 0 Å². The Morgan fingerprint density at radius 1 is 1.16 bits per heavy atom. The van der Waals surface area contributed by atoms with Gasteiger partial charge in [0.05, 0.1) is 0 Å². The van der Waals surface area contributed by atoms with E-state index in [1.807, 2.05) is 0 Å². The molecular weight excluding hydrogens is 250 g/mol. The van der Waals surface area contributed by atoms with Crippen molar-refractivity contribution in [3.05, 3.63) is 35.4 Å². The van der Waals surface area contributed by atoms with Gasteiger partial charge in [0.2, 0.25) is 0 Å². The Balaban J connectivity index is 2.29. The summed E-state index contributed by atoms with van der Waals surface area (Å²) in [5.74, 6) is -2.54. The lowest BCUT2D eigenvalue weighted by atomic mass is 9.67. The standard InChI is InChI=1S/C15H18F2O2/c16-12-5-4-11(10-13(12)17)15(9-6-14(18)19)7-2-1-3-8-15/h4-5,10H,1-3,6-9H2,(H,18,19). The van der Waals surface area contributed by atoms with Crippen molar-refractivity contribution in [2.75, 3.05) is 0 Å². The van der Waals surface area contributed by atoms with Gasteiger partial charge in [0.1, 0.15) is 0 Å². The maximum atomic E-state index is 13.4. The molecule has 19 heavy (non-hydrogen) atoms. The maximum absolute atomic E-state index is 13.4. The van der Waals surface area contributed by atoms with Crippen LogP contribution in [0, 0.1) is 11.6 Å². The summed E-state index contributed by atoms with van der Waals surface area (Å²) in [6, 6.07) is 3.98. The molecule has 0 amide bonds. The number of rotatable bonds is 4. The van der Waals surface area contributed by atoms with Crippen LogP contribution in [-0.4, -0.2) is 11.1 Å². The average Bonchev–Trinajstić information content (AvgIpc) is 2.40. The molecule has 4 heteroatoms. The third-order valence-electron chi connectivity index (χ3n) is 4.16. The second-order valence-corrected chi connectivity index (χ2v) is 5.36. The van der Waals surface area contributed by atoms with E-state index in [1.54, 1.807) is 6.07 Å². The van der Waals surface area contributed by atoms with Crippen molar-refractivity contribution >= 4 is 5.97 Å². The van der Waals surface area contributed by atoms with Crippen molar-refractivity contribution in [1.29, 1.82) is 0 Å². The molecule has 1 saturated carbocycles.